The SMILES string of the molecule is CCCCN(C(=O)c1cnc(Cl)c(Cl)c1)c1c(N)n(CCC)c(=O)[nH]c1=O. The molecule has 10 heteroatoms. The number of aromatic nitrogens is 3. The Hall–Kier alpha value is -2.32. The minimum absolute atomic E-state index is 0.0527. The number of aromatic amines is 1. The monoisotopic (exact) mass is 413 g/mol. The molecule has 0 fully saturated rings. The van der Waals surface area contributed by atoms with E-state index in [0.717, 1.165) is 6.42 Å². The normalized spacial score (nSPS) is 10.8. The minimum Gasteiger partial charge on any atom is -0.383 e. The molecule has 0 radical (unpaired) electrons. The number of unbranched alkanes of at least 4 members (excludes halogenated alkanes) is 1. The van der Waals surface area contributed by atoms with E-state index in [9.17, 15) is 14.4 Å². The van der Waals surface area contributed by atoms with Gasteiger partial charge in [-0.05, 0) is 18.9 Å². The van der Waals surface area contributed by atoms with E-state index in [1.165, 1.54) is 21.7 Å². The molecule has 2 aromatic heterocycles. The van der Waals surface area contributed by atoms with Crippen LogP contribution in [0.3, 0.4) is 0 Å². The molecule has 0 bridgehead atoms. The molecule has 0 saturated heterocycles. The van der Waals surface area contributed by atoms with Crippen LogP contribution in [0.15, 0.2) is 21.9 Å². The zero-order valence-electron chi connectivity index (χ0n) is 15.1. The first-order chi connectivity index (χ1) is 12.8. The summed E-state index contributed by atoms with van der Waals surface area (Å²) in [6, 6.07) is 1.38. The molecule has 0 atom stereocenters. The summed E-state index contributed by atoms with van der Waals surface area (Å²) in [5, 5.41) is 0.193. The number of nitrogen functional groups attached to an aromatic ring is 1. The van der Waals surface area contributed by atoms with E-state index in [2.05, 4.69) is 9.97 Å². The highest BCUT2D eigenvalue weighted by atomic mass is 35.5. The van der Waals surface area contributed by atoms with Crippen molar-refractivity contribution in [3.8, 4) is 0 Å². The van der Waals surface area contributed by atoms with Crippen LogP contribution >= 0.6 is 23.2 Å². The van der Waals surface area contributed by atoms with Crippen LogP contribution in [-0.4, -0.2) is 27.0 Å². The number of nitrogens with two attached hydrogens (primary N) is 1. The van der Waals surface area contributed by atoms with Crippen LogP contribution in [0.4, 0.5) is 11.5 Å². The molecule has 0 aromatic carbocycles. The number of amides is 1. The molecule has 0 aliphatic carbocycles. The van der Waals surface area contributed by atoms with E-state index in [0.29, 0.717) is 19.4 Å². The topological polar surface area (TPSA) is 114 Å². The molecule has 27 heavy (non-hydrogen) atoms. The van der Waals surface area contributed by atoms with Crippen molar-refractivity contribution in [1.29, 1.82) is 0 Å². The zero-order chi connectivity index (χ0) is 20.1. The van der Waals surface area contributed by atoms with Gasteiger partial charge in [-0.3, -0.25) is 19.1 Å². The third kappa shape index (κ3) is 4.51. The van der Waals surface area contributed by atoms with E-state index in [1.807, 2.05) is 13.8 Å². The van der Waals surface area contributed by atoms with Gasteiger partial charge in [-0.2, -0.15) is 0 Å². The molecule has 0 spiro atoms. The molecule has 1 amide bonds. The number of carbonyl (C=O) groups excluding carboxylic acids is 1. The second-order valence-corrected chi connectivity index (χ2v) is 6.72. The van der Waals surface area contributed by atoms with Crippen LogP contribution in [0.1, 0.15) is 43.5 Å². The number of H-pyrrole nitrogens is 1. The lowest BCUT2D eigenvalue weighted by Gasteiger charge is -2.24. The summed E-state index contributed by atoms with van der Waals surface area (Å²) in [6.45, 7) is 4.39. The zero-order valence-corrected chi connectivity index (χ0v) is 16.6. The quantitative estimate of drug-likeness (QED) is 0.677. The average Bonchev–Trinajstić information content (AvgIpc) is 2.63. The molecule has 0 saturated carbocycles. The van der Waals surface area contributed by atoms with Crippen LogP contribution < -0.4 is 21.9 Å². The summed E-state index contributed by atoms with van der Waals surface area (Å²) in [4.78, 5) is 44.9. The third-order valence-electron chi connectivity index (χ3n) is 3.95. The van der Waals surface area contributed by atoms with Gasteiger partial charge in [-0.15, -0.1) is 0 Å². The lowest BCUT2D eigenvalue weighted by Crippen LogP contribution is -2.41. The molecule has 146 valence electrons. The van der Waals surface area contributed by atoms with Crippen LogP contribution in [0.5, 0.6) is 0 Å². The minimum atomic E-state index is -0.720. The lowest BCUT2D eigenvalue weighted by molar-refractivity contribution is 0.0986. The maximum absolute atomic E-state index is 13.1. The number of pyridine rings is 1. The van der Waals surface area contributed by atoms with Crippen LogP contribution in [0, 0.1) is 0 Å². The van der Waals surface area contributed by atoms with Crippen molar-refractivity contribution in [3.63, 3.8) is 0 Å². The smallest absolute Gasteiger partial charge is 0.330 e. The van der Waals surface area contributed by atoms with Gasteiger partial charge in [0, 0.05) is 19.3 Å². The van der Waals surface area contributed by atoms with E-state index >= 15 is 0 Å². The molecule has 2 aromatic rings. The molecule has 3 N–H and O–H groups in total. The highest BCUT2D eigenvalue weighted by molar-refractivity contribution is 6.41. The first-order valence-electron chi connectivity index (χ1n) is 8.57. The number of hydrogen-bond donors (Lipinski definition) is 2. The number of hydrogen-bond acceptors (Lipinski definition) is 5. The fraction of sp³-hybridized carbons (Fsp3) is 0.412. The van der Waals surface area contributed by atoms with Gasteiger partial charge >= 0.3 is 5.69 Å². The van der Waals surface area contributed by atoms with Gasteiger partial charge in [0.1, 0.15) is 11.0 Å². The second kappa shape index (κ2) is 9.05. The van der Waals surface area contributed by atoms with Crippen molar-refractivity contribution in [3.05, 3.63) is 48.8 Å². The summed E-state index contributed by atoms with van der Waals surface area (Å²) in [6.07, 6.45) is 3.33. The second-order valence-electron chi connectivity index (χ2n) is 5.95. The van der Waals surface area contributed by atoms with Crippen molar-refractivity contribution < 1.29 is 4.79 Å². The Morgan fingerprint density at radius 1 is 1.30 bits per heavy atom. The lowest BCUT2D eigenvalue weighted by atomic mass is 10.2. The molecule has 0 unspecified atom stereocenters. The Balaban J connectivity index is 2.61. The Kier molecular flexibility index (Phi) is 7.04. The average molecular weight is 414 g/mol. The molecule has 0 aliphatic rings. The van der Waals surface area contributed by atoms with Gasteiger partial charge in [-0.1, -0.05) is 43.5 Å². The molecular formula is C17H21Cl2N5O3. The summed E-state index contributed by atoms with van der Waals surface area (Å²) >= 11 is 11.8. The van der Waals surface area contributed by atoms with Crippen molar-refractivity contribution in [2.24, 2.45) is 0 Å². The fourth-order valence-electron chi connectivity index (χ4n) is 2.61. The highest BCUT2D eigenvalue weighted by Crippen LogP contribution is 2.24. The highest BCUT2D eigenvalue weighted by Gasteiger charge is 2.25. The van der Waals surface area contributed by atoms with E-state index in [4.69, 9.17) is 28.9 Å². The molecule has 0 aliphatic heterocycles. The summed E-state index contributed by atoms with van der Waals surface area (Å²) in [7, 11) is 0. The molecule has 8 nitrogen and oxygen atoms in total. The number of halogens is 2. The van der Waals surface area contributed by atoms with Crippen LogP contribution in [0.25, 0.3) is 0 Å². The summed E-state index contributed by atoms with van der Waals surface area (Å²) < 4.78 is 1.25. The fourth-order valence-corrected chi connectivity index (χ4v) is 2.88. The maximum Gasteiger partial charge on any atom is 0.330 e. The van der Waals surface area contributed by atoms with E-state index in [-0.39, 0.29) is 33.8 Å². The van der Waals surface area contributed by atoms with Gasteiger partial charge in [0.05, 0.1) is 10.6 Å². The predicted molar refractivity (Wildman–Crippen MR) is 107 cm³/mol. The van der Waals surface area contributed by atoms with Crippen molar-refractivity contribution in [2.45, 2.75) is 39.7 Å². The van der Waals surface area contributed by atoms with Crippen molar-refractivity contribution in [1.82, 2.24) is 14.5 Å². The Bertz CT molecular complexity index is 955. The standard InChI is InChI=1S/C17H21Cl2N5O3/c1-3-5-7-23(16(26)10-8-11(18)13(19)21-9-10)12-14(20)24(6-4-2)17(27)22-15(12)25/h8-9H,3-7,20H2,1-2H3,(H,22,25,27). The number of anilines is 2. The van der Waals surface area contributed by atoms with E-state index in [1.54, 1.807) is 0 Å². The largest absolute Gasteiger partial charge is 0.383 e. The van der Waals surface area contributed by atoms with Gasteiger partial charge in [0.15, 0.2) is 5.69 Å². The number of nitrogens with one attached hydrogen (secondary N) is 1. The summed E-state index contributed by atoms with van der Waals surface area (Å²) in [5.41, 5.74) is 4.87. The maximum atomic E-state index is 13.1. The Labute approximate surface area is 165 Å². The van der Waals surface area contributed by atoms with Gasteiger partial charge < -0.3 is 10.6 Å². The van der Waals surface area contributed by atoms with E-state index < -0.39 is 17.2 Å². The molecule has 2 rings (SSSR count). The van der Waals surface area contributed by atoms with Crippen molar-refractivity contribution in [2.75, 3.05) is 17.2 Å². The predicted octanol–water partition coefficient (Wildman–Crippen LogP) is 2.68. The first kappa shape index (κ1) is 21.0. The number of nitrogens with zero attached hydrogens (tertiary/aromatic N) is 3. The van der Waals surface area contributed by atoms with Gasteiger partial charge in [0.25, 0.3) is 11.5 Å². The number of rotatable bonds is 7. The van der Waals surface area contributed by atoms with Crippen LogP contribution in [-0.2, 0) is 6.54 Å². The number of carbonyl (C=O) groups is 1. The van der Waals surface area contributed by atoms with Gasteiger partial charge in [0.2, 0.25) is 0 Å². The Morgan fingerprint density at radius 2 is 2.00 bits per heavy atom. The van der Waals surface area contributed by atoms with Crippen molar-refractivity contribution >= 4 is 40.6 Å². The first-order valence-corrected chi connectivity index (χ1v) is 9.32. The summed E-state index contributed by atoms with van der Waals surface area (Å²) in [5.74, 6) is -0.559. The molecular weight excluding hydrogens is 393 g/mol. The van der Waals surface area contributed by atoms with Crippen LogP contribution in [0.2, 0.25) is 10.2 Å². The molecule has 2 heterocycles. The Morgan fingerprint density at radius 3 is 2.59 bits per heavy atom. The third-order valence-corrected chi connectivity index (χ3v) is 4.64. The van der Waals surface area contributed by atoms with Gasteiger partial charge in [-0.25, -0.2) is 9.78 Å².